The number of carbonyl (C=O) groups is 2. The molecule has 0 saturated heterocycles. The first-order chi connectivity index (χ1) is 6.15. The van der Waals surface area contributed by atoms with Crippen molar-refractivity contribution in [1.29, 1.82) is 0 Å². The zero-order valence-electron chi connectivity index (χ0n) is 7.32. The van der Waals surface area contributed by atoms with Gasteiger partial charge < -0.3 is 16.2 Å². The van der Waals surface area contributed by atoms with Gasteiger partial charge >= 0.3 is 11.9 Å². The lowest BCUT2D eigenvalue weighted by molar-refractivity contribution is -0.150. The van der Waals surface area contributed by atoms with E-state index in [9.17, 15) is 9.59 Å². The maximum absolute atomic E-state index is 10.8. The number of rotatable bonds is 2. The Labute approximate surface area is 76.3 Å². The first kappa shape index (κ1) is 9.98. The van der Waals surface area contributed by atoms with Gasteiger partial charge in [0.1, 0.15) is 0 Å². The molecule has 2 unspecified atom stereocenters. The lowest BCUT2D eigenvalue weighted by atomic mass is 10.0. The molecule has 1 rings (SSSR count). The van der Waals surface area contributed by atoms with Crippen molar-refractivity contribution in [3.63, 3.8) is 0 Å². The Morgan fingerprint density at radius 1 is 1.46 bits per heavy atom. The smallest absolute Gasteiger partial charge is 0.394 e. The molecule has 0 aliphatic heterocycles. The Morgan fingerprint density at radius 2 is 2.15 bits per heavy atom. The fourth-order valence-electron chi connectivity index (χ4n) is 1.74. The van der Waals surface area contributed by atoms with E-state index in [1.165, 1.54) is 0 Å². The summed E-state index contributed by atoms with van der Waals surface area (Å²) in [6.45, 7) is 0.505. The van der Waals surface area contributed by atoms with Crippen LogP contribution >= 0.6 is 0 Å². The predicted molar refractivity (Wildman–Crippen MR) is 46.0 cm³/mol. The Bertz CT molecular complexity index is 217. The van der Waals surface area contributed by atoms with Gasteiger partial charge in [-0.2, -0.15) is 0 Å². The number of hydrogen-bond donors (Lipinski definition) is 3. The van der Waals surface area contributed by atoms with Crippen LogP contribution in [0, 0.1) is 5.92 Å². The van der Waals surface area contributed by atoms with E-state index >= 15 is 0 Å². The third kappa shape index (κ3) is 2.42. The summed E-state index contributed by atoms with van der Waals surface area (Å²) in [4.78, 5) is 21.0. The zero-order valence-corrected chi connectivity index (χ0v) is 7.32. The van der Waals surface area contributed by atoms with E-state index < -0.39 is 11.9 Å². The topological polar surface area (TPSA) is 92.4 Å². The second-order valence-corrected chi connectivity index (χ2v) is 3.31. The number of carbonyl (C=O) groups excluding carboxylic acids is 1. The predicted octanol–water partition coefficient (Wildman–Crippen LogP) is -0.685. The molecule has 1 aliphatic carbocycles. The molecular formula is C8H14N2O3. The number of carboxylic acids is 1. The third-order valence-corrected chi connectivity index (χ3v) is 2.47. The highest BCUT2D eigenvalue weighted by molar-refractivity contribution is 6.31. The van der Waals surface area contributed by atoms with Gasteiger partial charge in [0, 0.05) is 6.04 Å². The van der Waals surface area contributed by atoms with Crippen LogP contribution in [-0.2, 0) is 9.59 Å². The number of nitrogens with one attached hydrogen (secondary N) is 1. The molecule has 1 amide bonds. The van der Waals surface area contributed by atoms with Crippen molar-refractivity contribution in [2.75, 3.05) is 6.54 Å². The van der Waals surface area contributed by atoms with Crippen LogP contribution in [0.1, 0.15) is 19.3 Å². The van der Waals surface area contributed by atoms with E-state index in [2.05, 4.69) is 5.32 Å². The lowest BCUT2D eigenvalue weighted by Gasteiger charge is -2.17. The van der Waals surface area contributed by atoms with Gasteiger partial charge in [-0.05, 0) is 25.3 Å². The first-order valence-corrected chi connectivity index (χ1v) is 4.39. The maximum atomic E-state index is 10.8. The van der Waals surface area contributed by atoms with E-state index in [1.807, 2.05) is 0 Å². The second-order valence-electron chi connectivity index (χ2n) is 3.31. The van der Waals surface area contributed by atoms with E-state index in [0.717, 1.165) is 19.3 Å². The minimum absolute atomic E-state index is 0.0476. The van der Waals surface area contributed by atoms with Gasteiger partial charge in [0.05, 0.1) is 0 Å². The van der Waals surface area contributed by atoms with Crippen LogP contribution in [0.25, 0.3) is 0 Å². The molecule has 13 heavy (non-hydrogen) atoms. The van der Waals surface area contributed by atoms with Crippen molar-refractivity contribution in [2.45, 2.75) is 25.3 Å². The number of aliphatic carboxylic acids is 1. The van der Waals surface area contributed by atoms with Crippen LogP contribution in [0.3, 0.4) is 0 Å². The minimum atomic E-state index is -1.43. The summed E-state index contributed by atoms with van der Waals surface area (Å²) in [6.07, 6.45) is 2.81. The summed E-state index contributed by atoms with van der Waals surface area (Å²) in [5.41, 5.74) is 5.48. The van der Waals surface area contributed by atoms with Crippen LogP contribution in [0.5, 0.6) is 0 Å². The van der Waals surface area contributed by atoms with Crippen molar-refractivity contribution in [3.8, 4) is 0 Å². The van der Waals surface area contributed by atoms with E-state index in [0.29, 0.717) is 6.54 Å². The molecule has 0 aromatic rings. The minimum Gasteiger partial charge on any atom is -0.474 e. The van der Waals surface area contributed by atoms with Crippen LogP contribution < -0.4 is 11.1 Å². The van der Waals surface area contributed by atoms with E-state index in [-0.39, 0.29) is 12.0 Å². The molecule has 2 atom stereocenters. The highest BCUT2D eigenvalue weighted by Gasteiger charge is 2.28. The summed E-state index contributed by atoms with van der Waals surface area (Å²) in [6, 6.07) is -0.0476. The fraction of sp³-hybridized carbons (Fsp3) is 0.750. The van der Waals surface area contributed by atoms with Crippen LogP contribution in [0.15, 0.2) is 0 Å². The van der Waals surface area contributed by atoms with Gasteiger partial charge in [-0.3, -0.25) is 4.79 Å². The monoisotopic (exact) mass is 186 g/mol. The number of carboxylic acid groups (broad SMARTS) is 1. The van der Waals surface area contributed by atoms with Gasteiger partial charge in [-0.15, -0.1) is 0 Å². The average molecular weight is 186 g/mol. The van der Waals surface area contributed by atoms with E-state index in [1.54, 1.807) is 0 Å². The van der Waals surface area contributed by atoms with Crippen LogP contribution in [-0.4, -0.2) is 29.6 Å². The average Bonchev–Trinajstić information content (AvgIpc) is 2.51. The molecule has 1 aliphatic rings. The van der Waals surface area contributed by atoms with Crippen molar-refractivity contribution >= 4 is 11.9 Å². The molecule has 0 spiro atoms. The van der Waals surface area contributed by atoms with Gasteiger partial charge in [-0.1, -0.05) is 6.42 Å². The summed E-state index contributed by atoms with van der Waals surface area (Å²) < 4.78 is 0. The number of amides is 1. The van der Waals surface area contributed by atoms with Crippen molar-refractivity contribution in [3.05, 3.63) is 0 Å². The summed E-state index contributed by atoms with van der Waals surface area (Å²) in [5, 5.41) is 10.8. The third-order valence-electron chi connectivity index (χ3n) is 2.47. The molecule has 4 N–H and O–H groups in total. The Kier molecular flexibility index (Phi) is 3.25. The molecule has 1 saturated carbocycles. The molecule has 0 bridgehead atoms. The Hall–Kier alpha value is -1.10. The number of nitrogens with two attached hydrogens (primary N) is 1. The largest absolute Gasteiger partial charge is 0.474 e. The first-order valence-electron chi connectivity index (χ1n) is 4.39. The van der Waals surface area contributed by atoms with Gasteiger partial charge in [0.25, 0.3) is 0 Å². The van der Waals surface area contributed by atoms with Crippen molar-refractivity contribution in [2.24, 2.45) is 11.7 Å². The lowest BCUT2D eigenvalue weighted by Crippen LogP contribution is -2.42. The molecule has 0 aromatic heterocycles. The molecule has 1 fully saturated rings. The standard InChI is InChI=1S/C8H14N2O3/c9-4-5-2-1-3-6(5)10-7(11)8(12)13/h5-6H,1-4,9H2,(H,10,11)(H,12,13). The van der Waals surface area contributed by atoms with Gasteiger partial charge in [0.2, 0.25) is 0 Å². The summed E-state index contributed by atoms with van der Waals surface area (Å²) in [7, 11) is 0. The molecule has 5 heteroatoms. The SMILES string of the molecule is NCC1CCCC1NC(=O)C(=O)O. The molecule has 0 radical (unpaired) electrons. The van der Waals surface area contributed by atoms with Gasteiger partial charge in [-0.25, -0.2) is 4.79 Å². The number of hydrogen-bond acceptors (Lipinski definition) is 3. The van der Waals surface area contributed by atoms with E-state index in [4.69, 9.17) is 10.8 Å². The zero-order chi connectivity index (χ0) is 9.84. The van der Waals surface area contributed by atoms with Crippen molar-refractivity contribution in [1.82, 2.24) is 5.32 Å². The van der Waals surface area contributed by atoms with Crippen LogP contribution in [0.2, 0.25) is 0 Å². The normalized spacial score (nSPS) is 27.2. The highest BCUT2D eigenvalue weighted by atomic mass is 16.4. The summed E-state index contributed by atoms with van der Waals surface area (Å²) >= 11 is 0. The summed E-state index contributed by atoms with van der Waals surface area (Å²) in [5.74, 6) is -2.11. The Balaban J connectivity index is 2.44. The molecule has 0 aromatic carbocycles. The molecule has 74 valence electrons. The van der Waals surface area contributed by atoms with Crippen molar-refractivity contribution < 1.29 is 14.7 Å². The Morgan fingerprint density at radius 3 is 2.69 bits per heavy atom. The molecular weight excluding hydrogens is 172 g/mol. The highest BCUT2D eigenvalue weighted by Crippen LogP contribution is 2.24. The molecule has 5 nitrogen and oxygen atoms in total. The maximum Gasteiger partial charge on any atom is 0.394 e. The van der Waals surface area contributed by atoms with Gasteiger partial charge in [0.15, 0.2) is 0 Å². The van der Waals surface area contributed by atoms with Crippen LogP contribution in [0.4, 0.5) is 0 Å². The fourth-order valence-corrected chi connectivity index (χ4v) is 1.74. The molecule has 0 heterocycles. The second kappa shape index (κ2) is 4.23. The quantitative estimate of drug-likeness (QED) is 0.498.